The van der Waals surface area contributed by atoms with Gasteiger partial charge in [-0.1, -0.05) is 27.5 Å². The zero-order valence-electron chi connectivity index (χ0n) is 7.20. The van der Waals surface area contributed by atoms with E-state index in [1.165, 1.54) is 27.9 Å². The molecule has 0 atom stereocenters. The molecule has 5 heteroatoms. The molecule has 0 saturated carbocycles. The van der Waals surface area contributed by atoms with Crippen molar-refractivity contribution in [3.05, 3.63) is 44.3 Å². The van der Waals surface area contributed by atoms with E-state index in [-0.39, 0.29) is 0 Å². The highest BCUT2D eigenvalue weighted by atomic mass is 79.9. The fourth-order valence-corrected chi connectivity index (χ4v) is 2.99. The van der Waals surface area contributed by atoms with Crippen LogP contribution in [0.4, 0.5) is 0 Å². The van der Waals surface area contributed by atoms with Crippen LogP contribution >= 0.6 is 27.9 Å². The molecule has 0 spiro atoms. The summed E-state index contributed by atoms with van der Waals surface area (Å²) < 4.78 is 5.20. The van der Waals surface area contributed by atoms with E-state index in [1.807, 2.05) is 6.08 Å². The molecule has 0 bridgehead atoms. The van der Waals surface area contributed by atoms with Gasteiger partial charge in [0.1, 0.15) is 0 Å². The molecule has 0 N–H and O–H groups in total. The standard InChI is InChI=1S/C9H5BBrN2S/c11-8-4-7-9(10-8)5-2-1-3-6(5)12-13-14-7/h1,3-4H,2H2. The molecule has 0 aromatic heterocycles. The summed E-state index contributed by atoms with van der Waals surface area (Å²) in [4.78, 5) is 1.19. The summed E-state index contributed by atoms with van der Waals surface area (Å²) in [5, 5.41) is 4.17. The third-order valence-electron chi connectivity index (χ3n) is 2.34. The molecular weight excluding hydrogens is 259 g/mol. The molecule has 0 fully saturated rings. The van der Waals surface area contributed by atoms with Crippen LogP contribution in [0.1, 0.15) is 6.42 Å². The van der Waals surface area contributed by atoms with Gasteiger partial charge in [-0.05, 0) is 28.5 Å². The average molecular weight is 264 g/mol. The zero-order valence-corrected chi connectivity index (χ0v) is 9.60. The minimum Gasteiger partial charge on any atom is -0.143 e. The summed E-state index contributed by atoms with van der Waals surface area (Å²) in [5.41, 5.74) is 3.57. The molecule has 0 saturated heterocycles. The Hall–Kier alpha value is -0.545. The number of rotatable bonds is 0. The highest BCUT2D eigenvalue weighted by molar-refractivity contribution is 9.12. The predicted molar refractivity (Wildman–Crippen MR) is 63.0 cm³/mol. The maximum absolute atomic E-state index is 4.17. The molecule has 0 unspecified atom stereocenters. The minimum atomic E-state index is 0.971. The molecular formula is C9H5BBrN2S. The summed E-state index contributed by atoms with van der Waals surface area (Å²) >= 11 is 4.93. The topological polar surface area (TPSA) is 24.7 Å². The molecule has 2 aliphatic heterocycles. The smallest absolute Gasteiger partial charge is 0.143 e. The van der Waals surface area contributed by atoms with Gasteiger partial charge in [-0.25, -0.2) is 0 Å². The number of fused-ring (bicyclic) bond motifs is 1. The van der Waals surface area contributed by atoms with Crippen molar-refractivity contribution in [2.75, 3.05) is 0 Å². The maximum atomic E-state index is 4.17. The zero-order chi connectivity index (χ0) is 9.54. The van der Waals surface area contributed by atoms with Gasteiger partial charge in [0.05, 0.1) is 5.70 Å². The minimum absolute atomic E-state index is 0.971. The summed E-state index contributed by atoms with van der Waals surface area (Å²) in [6.45, 7) is 0. The van der Waals surface area contributed by atoms with Crippen LogP contribution < -0.4 is 0 Å². The largest absolute Gasteiger partial charge is 0.203 e. The Balaban J connectivity index is 2.10. The van der Waals surface area contributed by atoms with Crippen LogP contribution in [0.25, 0.3) is 0 Å². The Morgan fingerprint density at radius 2 is 2.43 bits per heavy atom. The van der Waals surface area contributed by atoms with E-state index in [1.54, 1.807) is 0 Å². The van der Waals surface area contributed by atoms with Crippen molar-refractivity contribution in [2.24, 2.45) is 9.63 Å². The predicted octanol–water partition coefficient (Wildman–Crippen LogP) is 3.48. The number of hydrogen-bond donors (Lipinski definition) is 0. The van der Waals surface area contributed by atoms with Gasteiger partial charge in [0, 0.05) is 16.9 Å². The Morgan fingerprint density at radius 3 is 3.36 bits per heavy atom. The second kappa shape index (κ2) is 3.24. The number of nitrogens with zero attached hydrogens (tertiary/aromatic N) is 2. The van der Waals surface area contributed by atoms with E-state index in [4.69, 9.17) is 0 Å². The van der Waals surface area contributed by atoms with E-state index in [2.05, 4.69) is 45.0 Å². The maximum Gasteiger partial charge on any atom is 0.203 e. The van der Waals surface area contributed by atoms with Crippen molar-refractivity contribution in [1.82, 2.24) is 0 Å². The van der Waals surface area contributed by atoms with Crippen molar-refractivity contribution in [3.8, 4) is 0 Å². The fourth-order valence-electron chi connectivity index (χ4n) is 1.71. The SMILES string of the molecule is BrC1=CC2=C([B]1)C1=C(C=CC1)N=NS2. The molecule has 2 heterocycles. The molecule has 3 aliphatic rings. The summed E-state index contributed by atoms with van der Waals surface area (Å²) in [5.74, 6) is 0. The van der Waals surface area contributed by atoms with Crippen molar-refractivity contribution in [1.29, 1.82) is 0 Å². The van der Waals surface area contributed by atoms with Gasteiger partial charge in [-0.15, -0.1) is 9.63 Å². The van der Waals surface area contributed by atoms with E-state index < -0.39 is 0 Å². The van der Waals surface area contributed by atoms with E-state index >= 15 is 0 Å². The Morgan fingerprint density at radius 1 is 1.50 bits per heavy atom. The lowest BCUT2D eigenvalue weighted by molar-refractivity contribution is 1.21. The van der Waals surface area contributed by atoms with Crippen LogP contribution in [-0.2, 0) is 0 Å². The molecule has 0 aromatic carbocycles. The fraction of sp³-hybridized carbons (Fsp3) is 0.111. The van der Waals surface area contributed by atoms with Gasteiger partial charge in [0.2, 0.25) is 7.28 Å². The lowest BCUT2D eigenvalue weighted by atomic mass is 9.69. The summed E-state index contributed by atoms with van der Waals surface area (Å²) in [6, 6.07) is 0. The third-order valence-corrected chi connectivity index (χ3v) is 3.49. The van der Waals surface area contributed by atoms with Crippen molar-refractivity contribution >= 4 is 35.2 Å². The lowest BCUT2D eigenvalue weighted by Gasteiger charge is -2.04. The van der Waals surface area contributed by atoms with Gasteiger partial charge in [-0.2, -0.15) is 0 Å². The van der Waals surface area contributed by atoms with Crippen LogP contribution in [0, 0.1) is 0 Å². The third kappa shape index (κ3) is 1.27. The first-order chi connectivity index (χ1) is 6.84. The van der Waals surface area contributed by atoms with Crippen LogP contribution in [0.3, 0.4) is 0 Å². The van der Waals surface area contributed by atoms with Gasteiger partial charge in [-0.3, -0.25) is 0 Å². The molecule has 1 aliphatic carbocycles. The summed E-state index contributed by atoms with van der Waals surface area (Å²) in [7, 11) is 2.14. The normalized spacial score (nSPS) is 23.4. The van der Waals surface area contributed by atoms with Crippen molar-refractivity contribution < 1.29 is 0 Å². The first-order valence-corrected chi connectivity index (χ1v) is 5.85. The van der Waals surface area contributed by atoms with Crippen LogP contribution in [0.5, 0.6) is 0 Å². The highest BCUT2D eigenvalue weighted by Gasteiger charge is 2.24. The first kappa shape index (κ1) is 8.74. The molecule has 2 nitrogen and oxygen atoms in total. The first-order valence-electron chi connectivity index (χ1n) is 4.29. The monoisotopic (exact) mass is 263 g/mol. The number of halogens is 1. The van der Waals surface area contributed by atoms with Crippen LogP contribution in [0.15, 0.2) is 53.9 Å². The molecule has 14 heavy (non-hydrogen) atoms. The molecule has 0 amide bonds. The molecule has 0 aromatic rings. The van der Waals surface area contributed by atoms with Crippen LogP contribution in [0.2, 0.25) is 0 Å². The van der Waals surface area contributed by atoms with Gasteiger partial charge in [0.25, 0.3) is 0 Å². The van der Waals surface area contributed by atoms with E-state index in [0.717, 1.165) is 16.5 Å². The van der Waals surface area contributed by atoms with E-state index in [9.17, 15) is 0 Å². The van der Waals surface area contributed by atoms with Gasteiger partial charge < -0.3 is 0 Å². The highest BCUT2D eigenvalue weighted by Crippen LogP contribution is 2.41. The average Bonchev–Trinajstić information content (AvgIpc) is 2.70. The Kier molecular flexibility index (Phi) is 2.02. The lowest BCUT2D eigenvalue weighted by Crippen LogP contribution is -1.97. The van der Waals surface area contributed by atoms with Gasteiger partial charge in [0.15, 0.2) is 0 Å². The van der Waals surface area contributed by atoms with Crippen molar-refractivity contribution in [3.63, 3.8) is 0 Å². The number of hydrogen-bond acceptors (Lipinski definition) is 3. The molecule has 3 rings (SSSR count). The second-order valence-electron chi connectivity index (χ2n) is 3.19. The van der Waals surface area contributed by atoms with Crippen LogP contribution in [-0.4, -0.2) is 7.28 Å². The Bertz CT molecular complexity index is 459. The second-order valence-corrected chi connectivity index (χ2v) is 4.90. The Labute approximate surface area is 95.4 Å². The van der Waals surface area contributed by atoms with Crippen molar-refractivity contribution in [2.45, 2.75) is 6.42 Å². The van der Waals surface area contributed by atoms with E-state index in [0.29, 0.717) is 0 Å². The summed E-state index contributed by atoms with van der Waals surface area (Å²) in [6.07, 6.45) is 7.23. The molecule has 1 radical (unpaired) electrons. The van der Waals surface area contributed by atoms with Gasteiger partial charge >= 0.3 is 0 Å². The number of allylic oxidation sites excluding steroid dienone is 5. The molecule has 67 valence electrons. The quantitative estimate of drug-likeness (QED) is 0.485.